The van der Waals surface area contributed by atoms with Crippen LogP contribution in [-0.4, -0.2) is 30.1 Å². The van der Waals surface area contributed by atoms with Gasteiger partial charge in [-0.05, 0) is 56.5 Å². The summed E-state index contributed by atoms with van der Waals surface area (Å²) in [6, 6.07) is 14.5. The molecule has 2 N–H and O–H groups in total. The molecule has 4 rings (SSSR count). The summed E-state index contributed by atoms with van der Waals surface area (Å²) in [5, 5.41) is 13.5. The molecule has 0 amide bonds. The van der Waals surface area contributed by atoms with Crippen LogP contribution in [0.1, 0.15) is 56.6 Å². The maximum Gasteiger partial charge on any atom is 0.337 e. The Hall–Kier alpha value is -3.54. The van der Waals surface area contributed by atoms with Crippen molar-refractivity contribution in [1.82, 2.24) is 5.32 Å². The molecule has 1 aliphatic carbocycles. The first-order valence-electron chi connectivity index (χ1n) is 11.2. The van der Waals surface area contributed by atoms with Crippen molar-refractivity contribution in [2.45, 2.75) is 51.6 Å². The van der Waals surface area contributed by atoms with Gasteiger partial charge in [-0.1, -0.05) is 30.3 Å². The summed E-state index contributed by atoms with van der Waals surface area (Å²) in [6.45, 7) is 5.41. The minimum atomic E-state index is -0.606. The summed E-state index contributed by atoms with van der Waals surface area (Å²) in [4.78, 5) is 26.7. The van der Waals surface area contributed by atoms with Gasteiger partial charge in [0.15, 0.2) is 5.78 Å². The van der Waals surface area contributed by atoms with Gasteiger partial charge >= 0.3 is 5.97 Å². The zero-order valence-electron chi connectivity index (χ0n) is 19.3. The smallest absolute Gasteiger partial charge is 0.337 e. The van der Waals surface area contributed by atoms with E-state index in [4.69, 9.17) is 9.47 Å². The molecule has 0 fully saturated rings. The van der Waals surface area contributed by atoms with E-state index in [-0.39, 0.29) is 23.6 Å². The summed E-state index contributed by atoms with van der Waals surface area (Å²) in [7, 11) is 1.63. The van der Waals surface area contributed by atoms with Gasteiger partial charge in [-0.25, -0.2) is 4.79 Å². The standard InChI is InChI=1S/C27H29NO5/c1-15(2)33-27(31)24-16(3)28-21-13-18(20-10-5-6-11-23(20)32-4)14-22(30)26(21)25(24)17-8-7-9-19(29)12-17/h5-12,15,18,25,28-29H,13-14H2,1-4H3/t18-,25-/m0/s1. The van der Waals surface area contributed by atoms with E-state index in [1.807, 2.05) is 37.3 Å². The average molecular weight is 448 g/mol. The molecule has 0 saturated heterocycles. The number of carbonyl (C=O) groups is 2. The van der Waals surface area contributed by atoms with Crippen molar-refractivity contribution in [3.05, 3.63) is 82.2 Å². The number of methoxy groups -OCH3 is 1. The minimum Gasteiger partial charge on any atom is -0.508 e. The number of phenolic OH excluding ortho intramolecular Hbond substituents is 1. The molecule has 1 aliphatic heterocycles. The number of para-hydroxylation sites is 1. The maximum absolute atomic E-state index is 13.6. The number of dihydropyridines is 1. The molecule has 2 aromatic rings. The number of rotatable bonds is 5. The summed E-state index contributed by atoms with van der Waals surface area (Å²) in [5.41, 5.74) is 4.09. The fourth-order valence-corrected chi connectivity index (χ4v) is 4.85. The summed E-state index contributed by atoms with van der Waals surface area (Å²) in [6.07, 6.45) is 0.623. The fraction of sp³-hybridized carbons (Fsp3) is 0.333. The van der Waals surface area contributed by atoms with Gasteiger partial charge in [-0.2, -0.15) is 0 Å². The molecule has 0 radical (unpaired) electrons. The van der Waals surface area contributed by atoms with Crippen LogP contribution in [0, 0.1) is 0 Å². The number of phenols is 1. The molecule has 2 aromatic carbocycles. The largest absolute Gasteiger partial charge is 0.508 e. The molecule has 33 heavy (non-hydrogen) atoms. The van der Waals surface area contributed by atoms with Gasteiger partial charge in [-0.15, -0.1) is 0 Å². The van der Waals surface area contributed by atoms with E-state index >= 15 is 0 Å². The van der Waals surface area contributed by atoms with Crippen LogP contribution in [0.4, 0.5) is 0 Å². The van der Waals surface area contributed by atoms with Gasteiger partial charge < -0.3 is 19.9 Å². The van der Waals surface area contributed by atoms with Crippen molar-refractivity contribution in [2.75, 3.05) is 7.11 Å². The third-order valence-electron chi connectivity index (χ3n) is 6.17. The second-order valence-electron chi connectivity index (χ2n) is 8.81. The lowest BCUT2D eigenvalue weighted by Crippen LogP contribution is -2.36. The highest BCUT2D eigenvalue weighted by Crippen LogP contribution is 2.47. The summed E-state index contributed by atoms with van der Waals surface area (Å²) < 4.78 is 11.1. The van der Waals surface area contributed by atoms with Gasteiger partial charge in [0, 0.05) is 35.2 Å². The highest BCUT2D eigenvalue weighted by Gasteiger charge is 2.42. The monoisotopic (exact) mass is 447 g/mol. The molecular weight excluding hydrogens is 418 g/mol. The van der Waals surface area contributed by atoms with Crippen LogP contribution in [0.5, 0.6) is 11.5 Å². The number of ketones is 1. The van der Waals surface area contributed by atoms with Crippen LogP contribution in [0.25, 0.3) is 0 Å². The molecule has 0 unspecified atom stereocenters. The first-order chi connectivity index (χ1) is 15.8. The van der Waals surface area contributed by atoms with Gasteiger partial charge in [0.25, 0.3) is 0 Å². The summed E-state index contributed by atoms with van der Waals surface area (Å²) in [5.74, 6) is -0.303. The van der Waals surface area contributed by atoms with Crippen LogP contribution in [0.15, 0.2) is 71.1 Å². The Bertz CT molecular complexity index is 1160. The average Bonchev–Trinajstić information content (AvgIpc) is 2.77. The first-order valence-corrected chi connectivity index (χ1v) is 11.2. The second-order valence-corrected chi connectivity index (χ2v) is 8.81. The predicted octanol–water partition coefficient (Wildman–Crippen LogP) is 4.71. The zero-order valence-corrected chi connectivity index (χ0v) is 19.3. The third-order valence-corrected chi connectivity index (χ3v) is 6.17. The van der Waals surface area contributed by atoms with Crippen molar-refractivity contribution >= 4 is 11.8 Å². The fourth-order valence-electron chi connectivity index (χ4n) is 4.85. The Morgan fingerprint density at radius 3 is 2.58 bits per heavy atom. The molecule has 0 saturated carbocycles. The lowest BCUT2D eigenvalue weighted by Gasteiger charge is -2.37. The second kappa shape index (κ2) is 9.14. The molecule has 0 bridgehead atoms. The van der Waals surface area contributed by atoms with Crippen LogP contribution in [0.2, 0.25) is 0 Å². The number of hydrogen-bond donors (Lipinski definition) is 2. The van der Waals surface area contributed by atoms with E-state index in [9.17, 15) is 14.7 Å². The van der Waals surface area contributed by atoms with E-state index < -0.39 is 11.9 Å². The van der Waals surface area contributed by atoms with Gasteiger partial charge in [0.05, 0.1) is 18.8 Å². The van der Waals surface area contributed by atoms with Crippen molar-refractivity contribution in [3.8, 4) is 11.5 Å². The van der Waals surface area contributed by atoms with Crippen LogP contribution in [-0.2, 0) is 14.3 Å². The highest BCUT2D eigenvalue weighted by molar-refractivity contribution is 6.04. The normalized spacial score (nSPS) is 20.5. The number of benzene rings is 2. The number of ether oxygens (including phenoxy) is 2. The number of nitrogens with one attached hydrogen (secondary N) is 1. The number of Topliss-reactive ketones (excluding diaryl/α,β-unsaturated/α-hetero) is 1. The summed E-state index contributed by atoms with van der Waals surface area (Å²) >= 11 is 0. The van der Waals surface area contributed by atoms with E-state index in [2.05, 4.69) is 5.32 Å². The van der Waals surface area contributed by atoms with Gasteiger partial charge in [0.2, 0.25) is 0 Å². The van der Waals surface area contributed by atoms with Crippen molar-refractivity contribution in [2.24, 2.45) is 0 Å². The molecule has 2 aliphatic rings. The quantitative estimate of drug-likeness (QED) is 0.646. The Labute approximate surface area is 193 Å². The molecule has 0 spiro atoms. The first kappa shape index (κ1) is 22.6. The zero-order chi connectivity index (χ0) is 23.7. The SMILES string of the molecule is COc1ccccc1[C@@H]1CC(=O)C2=C(C1)NC(C)=C(C(=O)OC(C)C)[C@@H]2c1cccc(O)c1. The van der Waals surface area contributed by atoms with E-state index in [0.29, 0.717) is 35.2 Å². The van der Waals surface area contributed by atoms with Crippen molar-refractivity contribution < 1.29 is 24.2 Å². The number of esters is 1. The lowest BCUT2D eigenvalue weighted by atomic mass is 9.71. The van der Waals surface area contributed by atoms with Crippen LogP contribution in [0.3, 0.4) is 0 Å². The molecule has 1 heterocycles. The van der Waals surface area contributed by atoms with Crippen molar-refractivity contribution in [1.29, 1.82) is 0 Å². The molecule has 6 heteroatoms. The third kappa shape index (κ3) is 4.38. The van der Waals surface area contributed by atoms with Gasteiger partial charge in [0.1, 0.15) is 11.5 Å². The molecule has 172 valence electrons. The maximum atomic E-state index is 13.6. The number of allylic oxidation sites excluding steroid dienone is 3. The Morgan fingerprint density at radius 1 is 1.12 bits per heavy atom. The molecule has 6 nitrogen and oxygen atoms in total. The number of carbonyl (C=O) groups excluding carboxylic acids is 2. The van der Waals surface area contributed by atoms with E-state index in [0.717, 1.165) is 17.0 Å². The Kier molecular flexibility index (Phi) is 6.27. The van der Waals surface area contributed by atoms with Crippen LogP contribution >= 0.6 is 0 Å². The number of aromatic hydroxyl groups is 1. The topological polar surface area (TPSA) is 84.9 Å². The lowest BCUT2D eigenvalue weighted by molar-refractivity contribution is -0.143. The molecular formula is C27H29NO5. The molecule has 0 aromatic heterocycles. The predicted molar refractivity (Wildman–Crippen MR) is 125 cm³/mol. The Balaban J connectivity index is 1.81. The Morgan fingerprint density at radius 2 is 1.88 bits per heavy atom. The van der Waals surface area contributed by atoms with Gasteiger partial charge in [-0.3, -0.25) is 4.79 Å². The highest BCUT2D eigenvalue weighted by atomic mass is 16.5. The van der Waals surface area contributed by atoms with E-state index in [1.165, 1.54) is 0 Å². The van der Waals surface area contributed by atoms with Crippen LogP contribution < -0.4 is 10.1 Å². The van der Waals surface area contributed by atoms with Crippen molar-refractivity contribution in [3.63, 3.8) is 0 Å². The van der Waals surface area contributed by atoms with E-state index in [1.54, 1.807) is 39.2 Å². The minimum absolute atomic E-state index is 0.0321. The number of hydrogen-bond acceptors (Lipinski definition) is 6. The molecule has 2 atom stereocenters.